The number of phenols is 1. The molecule has 0 aliphatic carbocycles. The first-order valence-electron chi connectivity index (χ1n) is 4.43. The lowest BCUT2D eigenvalue weighted by Crippen LogP contribution is -1.86. The third kappa shape index (κ3) is 1.88. The molecule has 0 spiro atoms. The topological polar surface area (TPSA) is 55.2 Å². The number of rotatable bonds is 2. The number of ether oxygens (including phenoxy) is 1. The van der Waals surface area contributed by atoms with E-state index in [1.54, 1.807) is 37.7 Å². The Balaban J connectivity index is 2.52. The van der Waals surface area contributed by atoms with Crippen LogP contribution in [0.2, 0.25) is 0 Å². The van der Waals surface area contributed by atoms with Crippen molar-refractivity contribution in [2.75, 3.05) is 7.11 Å². The van der Waals surface area contributed by atoms with Gasteiger partial charge in [0.25, 0.3) is 0 Å². The fourth-order valence-corrected chi connectivity index (χ4v) is 1.31. The molecule has 0 saturated carbocycles. The number of hydrogen-bond donors (Lipinski definition) is 1. The maximum atomic E-state index is 9.67. The molecule has 0 radical (unpaired) electrons. The molecule has 0 aliphatic rings. The van der Waals surface area contributed by atoms with Crippen molar-refractivity contribution < 1.29 is 9.84 Å². The van der Waals surface area contributed by atoms with E-state index in [1.165, 1.54) is 6.33 Å². The van der Waals surface area contributed by atoms with E-state index >= 15 is 0 Å². The van der Waals surface area contributed by atoms with E-state index in [9.17, 15) is 5.11 Å². The van der Waals surface area contributed by atoms with E-state index in [-0.39, 0.29) is 5.75 Å². The highest BCUT2D eigenvalue weighted by Gasteiger charge is 2.05. The number of nitrogens with zero attached hydrogens (tertiary/aromatic N) is 2. The van der Waals surface area contributed by atoms with Crippen molar-refractivity contribution in [3.8, 4) is 22.6 Å². The molecule has 0 saturated heterocycles. The molecule has 1 heterocycles. The molecular weight excluding hydrogens is 192 g/mol. The fraction of sp³-hybridized carbons (Fsp3) is 0.0909. The van der Waals surface area contributed by atoms with Gasteiger partial charge >= 0.3 is 0 Å². The van der Waals surface area contributed by atoms with Gasteiger partial charge in [-0.25, -0.2) is 9.97 Å². The van der Waals surface area contributed by atoms with Gasteiger partial charge in [0.1, 0.15) is 17.8 Å². The number of aromatic nitrogens is 2. The highest BCUT2D eigenvalue weighted by Crippen LogP contribution is 2.31. The fourth-order valence-electron chi connectivity index (χ4n) is 1.31. The number of phenolic OH excluding ortho intramolecular Hbond substituents is 1. The van der Waals surface area contributed by atoms with Gasteiger partial charge in [0.2, 0.25) is 0 Å². The number of hydrogen-bond acceptors (Lipinski definition) is 4. The van der Waals surface area contributed by atoms with Gasteiger partial charge in [0.05, 0.1) is 7.11 Å². The second kappa shape index (κ2) is 3.96. The molecule has 2 rings (SSSR count). The Kier molecular flexibility index (Phi) is 2.49. The van der Waals surface area contributed by atoms with Crippen LogP contribution in [0, 0.1) is 0 Å². The normalized spacial score (nSPS) is 9.93. The van der Waals surface area contributed by atoms with Crippen LogP contribution in [0.5, 0.6) is 11.5 Å². The van der Waals surface area contributed by atoms with Gasteiger partial charge in [0.15, 0.2) is 0 Å². The summed E-state index contributed by atoms with van der Waals surface area (Å²) in [4.78, 5) is 7.79. The molecule has 0 atom stereocenters. The van der Waals surface area contributed by atoms with Gasteiger partial charge in [0, 0.05) is 23.5 Å². The largest absolute Gasteiger partial charge is 0.507 e. The van der Waals surface area contributed by atoms with Crippen LogP contribution in [-0.4, -0.2) is 22.2 Å². The molecule has 1 aromatic heterocycles. The third-order valence-electron chi connectivity index (χ3n) is 2.08. The van der Waals surface area contributed by atoms with Crippen LogP contribution in [0.15, 0.2) is 36.9 Å². The van der Waals surface area contributed by atoms with Crippen LogP contribution in [0.4, 0.5) is 0 Å². The molecule has 2 aromatic rings. The zero-order chi connectivity index (χ0) is 10.7. The lowest BCUT2D eigenvalue weighted by Gasteiger charge is -2.06. The minimum Gasteiger partial charge on any atom is -0.507 e. The van der Waals surface area contributed by atoms with E-state index in [1.807, 2.05) is 0 Å². The van der Waals surface area contributed by atoms with Crippen molar-refractivity contribution in [1.82, 2.24) is 9.97 Å². The first-order valence-corrected chi connectivity index (χ1v) is 4.43. The summed E-state index contributed by atoms with van der Waals surface area (Å²) in [5, 5.41) is 9.67. The molecule has 15 heavy (non-hydrogen) atoms. The van der Waals surface area contributed by atoms with E-state index in [4.69, 9.17) is 4.74 Å². The molecular formula is C11H10N2O2. The average molecular weight is 202 g/mol. The molecule has 0 bridgehead atoms. The van der Waals surface area contributed by atoms with Crippen molar-refractivity contribution in [2.24, 2.45) is 0 Å². The summed E-state index contributed by atoms with van der Waals surface area (Å²) < 4.78 is 5.08. The molecule has 1 aromatic carbocycles. The Morgan fingerprint density at radius 1 is 1.20 bits per heavy atom. The van der Waals surface area contributed by atoms with Gasteiger partial charge in [-0.3, -0.25) is 0 Å². The monoisotopic (exact) mass is 202 g/mol. The maximum Gasteiger partial charge on any atom is 0.123 e. The minimum atomic E-state index is 0.186. The van der Waals surface area contributed by atoms with E-state index < -0.39 is 0 Å². The minimum absolute atomic E-state index is 0.186. The van der Waals surface area contributed by atoms with Gasteiger partial charge in [-0.2, -0.15) is 0 Å². The van der Waals surface area contributed by atoms with Crippen molar-refractivity contribution >= 4 is 0 Å². The first kappa shape index (κ1) is 9.45. The van der Waals surface area contributed by atoms with E-state index in [0.29, 0.717) is 11.3 Å². The highest BCUT2D eigenvalue weighted by atomic mass is 16.5. The quantitative estimate of drug-likeness (QED) is 0.807. The summed E-state index contributed by atoms with van der Waals surface area (Å²) in [6, 6.07) is 5.03. The second-order valence-electron chi connectivity index (χ2n) is 3.01. The molecule has 0 aliphatic heterocycles. The Labute approximate surface area is 87.2 Å². The van der Waals surface area contributed by atoms with Crippen molar-refractivity contribution in [3.63, 3.8) is 0 Å². The lowest BCUT2D eigenvalue weighted by molar-refractivity contribution is 0.412. The van der Waals surface area contributed by atoms with Crippen molar-refractivity contribution in [2.45, 2.75) is 0 Å². The van der Waals surface area contributed by atoms with Crippen LogP contribution in [-0.2, 0) is 0 Å². The summed E-state index contributed by atoms with van der Waals surface area (Å²) in [6.45, 7) is 0. The van der Waals surface area contributed by atoms with Crippen LogP contribution >= 0.6 is 0 Å². The molecule has 76 valence electrons. The van der Waals surface area contributed by atoms with Gasteiger partial charge < -0.3 is 9.84 Å². The predicted molar refractivity (Wildman–Crippen MR) is 55.7 cm³/mol. The van der Waals surface area contributed by atoms with Gasteiger partial charge in [-0.15, -0.1) is 0 Å². The van der Waals surface area contributed by atoms with Crippen molar-refractivity contribution in [3.05, 3.63) is 36.9 Å². The zero-order valence-electron chi connectivity index (χ0n) is 8.21. The maximum absolute atomic E-state index is 9.67. The molecule has 0 unspecified atom stereocenters. The van der Waals surface area contributed by atoms with Crippen molar-refractivity contribution in [1.29, 1.82) is 0 Å². The molecule has 4 heteroatoms. The van der Waals surface area contributed by atoms with Gasteiger partial charge in [-0.1, -0.05) is 0 Å². The average Bonchev–Trinajstić information content (AvgIpc) is 2.31. The number of benzene rings is 1. The summed E-state index contributed by atoms with van der Waals surface area (Å²) in [6.07, 6.45) is 4.73. The number of aromatic hydroxyl groups is 1. The Morgan fingerprint density at radius 3 is 2.60 bits per heavy atom. The van der Waals surface area contributed by atoms with Gasteiger partial charge in [-0.05, 0) is 18.2 Å². The van der Waals surface area contributed by atoms with Crippen LogP contribution < -0.4 is 4.74 Å². The summed E-state index contributed by atoms with van der Waals surface area (Å²) >= 11 is 0. The number of methoxy groups -OCH3 is 1. The smallest absolute Gasteiger partial charge is 0.123 e. The molecule has 0 fully saturated rings. The second-order valence-corrected chi connectivity index (χ2v) is 3.01. The Hall–Kier alpha value is -2.10. The molecule has 0 amide bonds. The standard InChI is InChI=1S/C11H10N2O2/c1-15-9-2-3-11(14)10(4-9)8-5-12-7-13-6-8/h2-7,14H,1H3. The Morgan fingerprint density at radius 2 is 1.93 bits per heavy atom. The van der Waals surface area contributed by atoms with E-state index in [2.05, 4.69) is 9.97 Å². The highest BCUT2D eigenvalue weighted by molar-refractivity contribution is 5.70. The van der Waals surface area contributed by atoms with Crippen LogP contribution in [0.3, 0.4) is 0 Å². The third-order valence-corrected chi connectivity index (χ3v) is 2.08. The van der Waals surface area contributed by atoms with Crippen LogP contribution in [0.25, 0.3) is 11.1 Å². The summed E-state index contributed by atoms with van der Waals surface area (Å²) in [7, 11) is 1.58. The Bertz CT molecular complexity index is 457. The molecule has 1 N–H and O–H groups in total. The van der Waals surface area contributed by atoms with Crippen LogP contribution in [0.1, 0.15) is 0 Å². The summed E-state index contributed by atoms with van der Waals surface area (Å²) in [5.74, 6) is 0.872. The lowest BCUT2D eigenvalue weighted by atomic mass is 10.1. The van der Waals surface area contributed by atoms with E-state index in [0.717, 1.165) is 5.56 Å². The molecule has 4 nitrogen and oxygen atoms in total. The zero-order valence-corrected chi connectivity index (χ0v) is 8.21. The summed E-state index contributed by atoms with van der Waals surface area (Å²) in [5.41, 5.74) is 1.42. The predicted octanol–water partition coefficient (Wildman–Crippen LogP) is 1.86. The first-order chi connectivity index (χ1) is 7.31. The SMILES string of the molecule is COc1ccc(O)c(-c2cncnc2)c1.